The molecule has 0 bridgehead atoms. The van der Waals surface area contributed by atoms with Crippen molar-refractivity contribution in [3.63, 3.8) is 0 Å². The molecule has 1 aromatic carbocycles. The summed E-state index contributed by atoms with van der Waals surface area (Å²) in [4.78, 5) is 37.7. The zero-order valence-corrected chi connectivity index (χ0v) is 14.3. The molecule has 0 radical (unpaired) electrons. The molecular formula is C17H18F3N3O3. The highest BCUT2D eigenvalue weighted by molar-refractivity contribution is 6.25. The fraction of sp³-hybridized carbons (Fsp3) is 0.353. The Morgan fingerprint density at radius 3 is 2.42 bits per heavy atom. The van der Waals surface area contributed by atoms with Crippen molar-refractivity contribution in [2.24, 2.45) is 11.1 Å². The monoisotopic (exact) mass is 369 g/mol. The molecule has 9 heteroatoms. The van der Waals surface area contributed by atoms with Crippen LogP contribution in [0.5, 0.6) is 0 Å². The smallest absolute Gasteiger partial charge is 0.365 e. The molecule has 0 saturated carbocycles. The molecule has 1 aliphatic rings. The molecule has 3 amide bonds. The second-order valence-corrected chi connectivity index (χ2v) is 6.18. The molecule has 3 N–H and O–H groups in total. The maximum atomic E-state index is 13.0. The minimum Gasteiger partial charge on any atom is -0.365 e. The van der Waals surface area contributed by atoms with Gasteiger partial charge in [-0.2, -0.15) is 13.2 Å². The van der Waals surface area contributed by atoms with Gasteiger partial charge in [0.2, 0.25) is 5.91 Å². The highest BCUT2D eigenvalue weighted by atomic mass is 19.4. The standard InChI is InChI=1S/C17H18F3N3O3/c1-9-16(2,15(26)22-3)8-12(13(21)24)14(25)23(9)11-6-4-5-10(7-11)17(18,19)20/h4-9H,1-3H3,(H2,21,24)(H,22,26). The number of amides is 3. The number of hydrogen-bond donors (Lipinski definition) is 2. The first-order valence-corrected chi connectivity index (χ1v) is 7.69. The summed E-state index contributed by atoms with van der Waals surface area (Å²) in [5.74, 6) is -2.42. The third kappa shape index (κ3) is 3.16. The number of nitrogens with one attached hydrogen (secondary N) is 1. The van der Waals surface area contributed by atoms with Crippen LogP contribution in [-0.2, 0) is 20.6 Å². The Labute approximate surface area is 147 Å². The number of halogens is 3. The Morgan fingerprint density at radius 1 is 1.31 bits per heavy atom. The molecule has 0 fully saturated rings. The molecule has 140 valence electrons. The second kappa shape index (κ2) is 6.47. The minimum atomic E-state index is -4.61. The van der Waals surface area contributed by atoms with E-state index in [9.17, 15) is 27.6 Å². The number of alkyl halides is 3. The van der Waals surface area contributed by atoms with Crippen molar-refractivity contribution in [2.75, 3.05) is 11.9 Å². The van der Waals surface area contributed by atoms with Crippen LogP contribution in [0.3, 0.4) is 0 Å². The SMILES string of the molecule is CNC(=O)C1(C)C=C(C(N)=O)C(=O)N(c2cccc(C(F)(F)F)c2)C1C. The van der Waals surface area contributed by atoms with Gasteiger partial charge in [-0.15, -0.1) is 0 Å². The summed E-state index contributed by atoms with van der Waals surface area (Å²) in [6, 6.07) is 3.25. The zero-order chi connectivity index (χ0) is 19.9. The first kappa shape index (κ1) is 19.5. The molecule has 1 heterocycles. The highest BCUT2D eigenvalue weighted by Crippen LogP contribution is 2.39. The third-order valence-electron chi connectivity index (χ3n) is 4.58. The van der Waals surface area contributed by atoms with E-state index in [2.05, 4.69) is 5.32 Å². The number of rotatable bonds is 3. The summed E-state index contributed by atoms with van der Waals surface area (Å²) in [6.45, 7) is 2.99. The first-order valence-electron chi connectivity index (χ1n) is 7.69. The van der Waals surface area contributed by atoms with Crippen LogP contribution in [0.4, 0.5) is 18.9 Å². The number of carbonyl (C=O) groups excluding carboxylic acids is 3. The van der Waals surface area contributed by atoms with Crippen molar-refractivity contribution in [3.8, 4) is 0 Å². The van der Waals surface area contributed by atoms with E-state index in [0.29, 0.717) is 0 Å². The normalized spacial score (nSPS) is 23.5. The van der Waals surface area contributed by atoms with Crippen LogP contribution >= 0.6 is 0 Å². The van der Waals surface area contributed by atoms with E-state index in [-0.39, 0.29) is 5.69 Å². The van der Waals surface area contributed by atoms with Crippen molar-refractivity contribution >= 4 is 23.4 Å². The topological polar surface area (TPSA) is 92.5 Å². The molecule has 2 atom stereocenters. The van der Waals surface area contributed by atoms with Gasteiger partial charge in [-0.25, -0.2) is 0 Å². The van der Waals surface area contributed by atoms with E-state index in [4.69, 9.17) is 5.73 Å². The zero-order valence-electron chi connectivity index (χ0n) is 14.3. The highest BCUT2D eigenvalue weighted by Gasteiger charge is 2.48. The van der Waals surface area contributed by atoms with E-state index in [1.807, 2.05) is 0 Å². The number of nitrogens with two attached hydrogens (primary N) is 1. The van der Waals surface area contributed by atoms with Crippen molar-refractivity contribution in [2.45, 2.75) is 26.1 Å². The summed E-state index contributed by atoms with van der Waals surface area (Å²) < 4.78 is 39.0. The lowest BCUT2D eigenvalue weighted by atomic mass is 9.76. The molecule has 6 nitrogen and oxygen atoms in total. The van der Waals surface area contributed by atoms with Crippen LogP contribution in [0, 0.1) is 5.41 Å². The van der Waals surface area contributed by atoms with Crippen LogP contribution in [0.25, 0.3) is 0 Å². The van der Waals surface area contributed by atoms with E-state index >= 15 is 0 Å². The second-order valence-electron chi connectivity index (χ2n) is 6.18. The molecule has 0 aliphatic carbocycles. The van der Waals surface area contributed by atoms with E-state index in [0.717, 1.165) is 23.1 Å². The van der Waals surface area contributed by atoms with Gasteiger partial charge >= 0.3 is 6.18 Å². The Bertz CT molecular complexity index is 804. The number of anilines is 1. The van der Waals surface area contributed by atoms with Crippen LogP contribution in [0.15, 0.2) is 35.9 Å². The predicted molar refractivity (Wildman–Crippen MR) is 87.8 cm³/mol. The number of nitrogens with zero attached hydrogens (tertiary/aromatic N) is 1. The van der Waals surface area contributed by atoms with E-state index in [1.54, 1.807) is 0 Å². The summed E-state index contributed by atoms with van der Waals surface area (Å²) in [7, 11) is 1.38. The number of hydrogen-bond acceptors (Lipinski definition) is 3. The van der Waals surface area contributed by atoms with Gasteiger partial charge in [0.25, 0.3) is 11.8 Å². The lowest BCUT2D eigenvalue weighted by Gasteiger charge is -2.43. The molecular weight excluding hydrogens is 351 g/mol. The maximum absolute atomic E-state index is 13.0. The minimum absolute atomic E-state index is 0.0840. The van der Waals surface area contributed by atoms with Gasteiger partial charge in [0.1, 0.15) is 5.57 Å². The summed E-state index contributed by atoms with van der Waals surface area (Å²) >= 11 is 0. The molecule has 0 aromatic heterocycles. The summed E-state index contributed by atoms with van der Waals surface area (Å²) in [5.41, 5.74) is 2.39. The quantitative estimate of drug-likeness (QED) is 0.793. The van der Waals surface area contributed by atoms with Crippen molar-refractivity contribution in [1.82, 2.24) is 5.32 Å². The summed E-state index contributed by atoms with van der Waals surface area (Å²) in [5, 5.41) is 2.43. The van der Waals surface area contributed by atoms with Gasteiger partial charge in [-0.3, -0.25) is 14.4 Å². The molecule has 0 saturated heterocycles. The lowest BCUT2D eigenvalue weighted by Crippen LogP contribution is -2.58. The van der Waals surface area contributed by atoms with Crippen LogP contribution in [-0.4, -0.2) is 30.8 Å². The van der Waals surface area contributed by atoms with Crippen LogP contribution in [0.2, 0.25) is 0 Å². The number of carbonyl (C=O) groups is 3. The number of primary amides is 1. The van der Waals surface area contributed by atoms with Gasteiger partial charge in [-0.1, -0.05) is 6.07 Å². The maximum Gasteiger partial charge on any atom is 0.416 e. The Kier molecular flexibility index (Phi) is 4.85. The molecule has 0 spiro atoms. The van der Waals surface area contributed by atoms with Gasteiger partial charge in [0.15, 0.2) is 0 Å². The van der Waals surface area contributed by atoms with Crippen molar-refractivity contribution in [3.05, 3.63) is 41.5 Å². The lowest BCUT2D eigenvalue weighted by molar-refractivity contribution is -0.137. The van der Waals surface area contributed by atoms with E-state index in [1.165, 1.54) is 33.0 Å². The predicted octanol–water partition coefficient (Wildman–Crippen LogP) is 1.60. The van der Waals surface area contributed by atoms with Gasteiger partial charge < -0.3 is 16.0 Å². The van der Waals surface area contributed by atoms with Gasteiger partial charge in [0, 0.05) is 12.7 Å². The van der Waals surface area contributed by atoms with Gasteiger partial charge in [0.05, 0.1) is 17.0 Å². The average Bonchev–Trinajstić information content (AvgIpc) is 2.57. The van der Waals surface area contributed by atoms with Crippen LogP contribution < -0.4 is 16.0 Å². The van der Waals surface area contributed by atoms with Crippen molar-refractivity contribution in [1.29, 1.82) is 0 Å². The fourth-order valence-corrected chi connectivity index (χ4v) is 2.93. The number of benzene rings is 1. The van der Waals surface area contributed by atoms with E-state index < -0.39 is 46.5 Å². The molecule has 1 aliphatic heterocycles. The van der Waals surface area contributed by atoms with Crippen LogP contribution in [0.1, 0.15) is 19.4 Å². The average molecular weight is 369 g/mol. The molecule has 1 aromatic rings. The summed E-state index contributed by atoms with van der Waals surface area (Å²) in [6.07, 6.45) is -3.43. The molecule has 2 rings (SSSR count). The Hall–Kier alpha value is -2.84. The Morgan fingerprint density at radius 2 is 1.92 bits per heavy atom. The largest absolute Gasteiger partial charge is 0.416 e. The first-order chi connectivity index (χ1) is 11.9. The molecule has 26 heavy (non-hydrogen) atoms. The Balaban J connectivity index is 2.65. The van der Waals surface area contributed by atoms with Crippen molar-refractivity contribution < 1.29 is 27.6 Å². The third-order valence-corrected chi connectivity index (χ3v) is 4.58. The molecule has 2 unspecified atom stereocenters. The van der Waals surface area contributed by atoms with Gasteiger partial charge in [-0.05, 0) is 38.1 Å². The fourth-order valence-electron chi connectivity index (χ4n) is 2.93.